The molecule has 0 rings (SSSR count). The lowest BCUT2D eigenvalue weighted by Gasteiger charge is -2.15. The van der Waals surface area contributed by atoms with Crippen molar-refractivity contribution in [2.24, 2.45) is 0 Å². The van der Waals surface area contributed by atoms with E-state index >= 15 is 0 Å². The molecule has 0 spiro atoms. The fraction of sp³-hybridized carbons (Fsp3) is 0.760. The summed E-state index contributed by atoms with van der Waals surface area (Å²) in [7, 11) is -4.43. The van der Waals surface area contributed by atoms with Crippen LogP contribution in [0.3, 0.4) is 0 Å². The standard InChI is InChI=1S/C50H90NO8P/c1-3-5-7-9-11-13-15-17-19-21-22-23-24-25-26-27-28-30-32-34-36-38-40-42-49(53)51-44-45-58-60(55,56)59-47-48(52)46-57-50(54)43-41-39-37-35-33-31-29-20-18-16-14-12-10-8-6-4-2/h11,13-14,16-17,19-20,22-23,29,48,52H,3-10,12,15,18,21,24-28,30-47H2,1-2H3,(H,51,53)(H,55,56)/b13-11-,16-14-,19-17-,23-22-,29-20-. The van der Waals surface area contributed by atoms with Gasteiger partial charge in [0.25, 0.3) is 0 Å². The highest BCUT2D eigenvalue weighted by atomic mass is 31.2. The van der Waals surface area contributed by atoms with Crippen molar-refractivity contribution in [2.75, 3.05) is 26.4 Å². The third kappa shape index (κ3) is 46.8. The summed E-state index contributed by atoms with van der Waals surface area (Å²) < 4.78 is 26.9. The number of nitrogens with one attached hydrogen (secondary N) is 1. The number of unbranched alkanes of at least 4 members (excludes halogenated alkanes) is 22. The number of phosphoric ester groups is 1. The molecule has 348 valence electrons. The lowest BCUT2D eigenvalue weighted by atomic mass is 10.0. The molecular weight excluding hydrogens is 774 g/mol. The monoisotopic (exact) mass is 864 g/mol. The van der Waals surface area contributed by atoms with E-state index in [0.717, 1.165) is 77.0 Å². The average Bonchev–Trinajstić information content (AvgIpc) is 3.23. The van der Waals surface area contributed by atoms with Crippen LogP contribution in [0.25, 0.3) is 0 Å². The predicted molar refractivity (Wildman–Crippen MR) is 252 cm³/mol. The van der Waals surface area contributed by atoms with Crippen LogP contribution in [0.15, 0.2) is 60.8 Å². The van der Waals surface area contributed by atoms with Crippen molar-refractivity contribution in [3.8, 4) is 0 Å². The number of hydrogen-bond donors (Lipinski definition) is 3. The van der Waals surface area contributed by atoms with E-state index in [0.29, 0.717) is 6.42 Å². The van der Waals surface area contributed by atoms with Crippen LogP contribution in [0, 0.1) is 0 Å². The van der Waals surface area contributed by atoms with Crippen LogP contribution in [0.4, 0.5) is 0 Å². The van der Waals surface area contributed by atoms with Crippen molar-refractivity contribution < 1.29 is 37.9 Å². The summed E-state index contributed by atoms with van der Waals surface area (Å²) in [6.45, 7) is 3.50. The zero-order chi connectivity index (χ0) is 43.9. The van der Waals surface area contributed by atoms with E-state index in [-0.39, 0.29) is 32.1 Å². The fourth-order valence-corrected chi connectivity index (χ4v) is 7.23. The fourth-order valence-electron chi connectivity index (χ4n) is 6.48. The molecule has 9 nitrogen and oxygen atoms in total. The number of esters is 1. The Balaban J connectivity index is 3.60. The highest BCUT2D eigenvalue weighted by Crippen LogP contribution is 2.42. The Morgan fingerprint density at radius 2 is 0.900 bits per heavy atom. The average molecular weight is 864 g/mol. The third-order valence-corrected chi connectivity index (χ3v) is 11.2. The maximum atomic E-state index is 12.1. The SMILES string of the molecule is CCCCC/C=C\C/C=C\C/C=C\CCCCCCCCCCCCC(=O)NCCOP(=O)(O)OCC(O)COC(=O)CCCCCCC/C=C\C/C=C\CCCCCC. The van der Waals surface area contributed by atoms with Gasteiger partial charge >= 0.3 is 13.8 Å². The highest BCUT2D eigenvalue weighted by molar-refractivity contribution is 7.47. The molecule has 0 aliphatic heterocycles. The molecule has 0 saturated heterocycles. The molecule has 0 bridgehead atoms. The molecule has 1 amide bonds. The molecule has 0 radical (unpaired) electrons. The summed E-state index contributed by atoms with van der Waals surface area (Å²) >= 11 is 0. The van der Waals surface area contributed by atoms with Gasteiger partial charge in [0.05, 0.1) is 13.2 Å². The van der Waals surface area contributed by atoms with Gasteiger partial charge in [-0.2, -0.15) is 0 Å². The molecule has 0 saturated carbocycles. The summed E-state index contributed by atoms with van der Waals surface area (Å²) in [5.41, 5.74) is 0. The third-order valence-electron chi connectivity index (χ3n) is 10.2. The maximum Gasteiger partial charge on any atom is 0.472 e. The van der Waals surface area contributed by atoms with Gasteiger partial charge in [0.1, 0.15) is 12.7 Å². The van der Waals surface area contributed by atoms with Crippen LogP contribution >= 0.6 is 7.82 Å². The van der Waals surface area contributed by atoms with Gasteiger partial charge in [0.2, 0.25) is 5.91 Å². The number of aliphatic hydroxyl groups is 1. The van der Waals surface area contributed by atoms with Gasteiger partial charge in [0.15, 0.2) is 0 Å². The van der Waals surface area contributed by atoms with Gasteiger partial charge in [-0.3, -0.25) is 18.6 Å². The zero-order valence-electron chi connectivity index (χ0n) is 38.4. The minimum Gasteiger partial charge on any atom is -0.463 e. The summed E-state index contributed by atoms with van der Waals surface area (Å²) in [4.78, 5) is 34.0. The Labute approximate surface area is 368 Å². The van der Waals surface area contributed by atoms with E-state index in [1.807, 2.05) is 0 Å². The van der Waals surface area contributed by atoms with Gasteiger partial charge in [-0.05, 0) is 83.5 Å². The minimum atomic E-state index is -4.43. The van der Waals surface area contributed by atoms with Crippen LogP contribution < -0.4 is 5.32 Å². The maximum absolute atomic E-state index is 12.1. The zero-order valence-corrected chi connectivity index (χ0v) is 39.3. The van der Waals surface area contributed by atoms with Gasteiger partial charge in [-0.25, -0.2) is 4.57 Å². The van der Waals surface area contributed by atoms with Crippen LogP contribution in [0.1, 0.15) is 213 Å². The number of carbonyl (C=O) groups excluding carboxylic acids is 2. The first-order valence-corrected chi connectivity index (χ1v) is 25.8. The molecule has 2 atom stereocenters. The molecule has 10 heteroatoms. The summed E-state index contributed by atoms with van der Waals surface area (Å²) in [5, 5.41) is 12.7. The van der Waals surface area contributed by atoms with Gasteiger partial charge in [0, 0.05) is 19.4 Å². The highest BCUT2D eigenvalue weighted by Gasteiger charge is 2.23. The first-order chi connectivity index (χ1) is 29.3. The summed E-state index contributed by atoms with van der Waals surface area (Å²) in [5.74, 6) is -0.534. The topological polar surface area (TPSA) is 131 Å². The lowest BCUT2D eigenvalue weighted by Crippen LogP contribution is -2.27. The number of allylic oxidation sites excluding steroid dienone is 10. The molecule has 60 heavy (non-hydrogen) atoms. The molecule has 3 N–H and O–H groups in total. The van der Waals surface area contributed by atoms with Crippen LogP contribution in [-0.2, 0) is 27.9 Å². The summed E-state index contributed by atoms with van der Waals surface area (Å²) in [6, 6.07) is 0. The van der Waals surface area contributed by atoms with Crippen molar-refractivity contribution >= 4 is 19.7 Å². The molecule has 0 fully saturated rings. The van der Waals surface area contributed by atoms with Crippen molar-refractivity contribution in [1.82, 2.24) is 5.32 Å². The van der Waals surface area contributed by atoms with E-state index in [4.69, 9.17) is 13.8 Å². The molecule has 0 aromatic carbocycles. The number of amides is 1. The lowest BCUT2D eigenvalue weighted by molar-refractivity contribution is -0.147. The van der Waals surface area contributed by atoms with Crippen molar-refractivity contribution in [2.45, 2.75) is 219 Å². The number of carbonyl (C=O) groups is 2. The quantitative estimate of drug-likeness (QED) is 0.0239. The normalized spacial score (nSPS) is 13.7. The molecule has 0 aliphatic carbocycles. The Morgan fingerprint density at radius 1 is 0.517 bits per heavy atom. The number of ether oxygens (including phenoxy) is 1. The summed E-state index contributed by atoms with van der Waals surface area (Å²) in [6.07, 6.45) is 55.8. The number of phosphoric acid groups is 1. The largest absolute Gasteiger partial charge is 0.472 e. The Kier molecular flexibility index (Phi) is 44.5. The van der Waals surface area contributed by atoms with Crippen molar-refractivity contribution in [3.63, 3.8) is 0 Å². The van der Waals surface area contributed by atoms with Crippen LogP contribution in [0.2, 0.25) is 0 Å². The van der Waals surface area contributed by atoms with Gasteiger partial charge in [-0.1, -0.05) is 177 Å². The van der Waals surface area contributed by atoms with Crippen molar-refractivity contribution in [3.05, 3.63) is 60.8 Å². The van der Waals surface area contributed by atoms with E-state index in [1.54, 1.807) is 0 Å². The van der Waals surface area contributed by atoms with Gasteiger partial charge < -0.3 is 20.1 Å². The van der Waals surface area contributed by atoms with Gasteiger partial charge in [-0.15, -0.1) is 0 Å². The predicted octanol–water partition coefficient (Wildman–Crippen LogP) is 14.1. The molecule has 0 aliphatic rings. The van der Waals surface area contributed by atoms with Crippen LogP contribution in [0.5, 0.6) is 0 Å². The smallest absolute Gasteiger partial charge is 0.463 e. The first kappa shape index (κ1) is 57.7. The minimum absolute atomic E-state index is 0.0755. The number of aliphatic hydroxyl groups excluding tert-OH is 1. The Bertz CT molecular complexity index is 1170. The molecule has 0 heterocycles. The number of hydrogen-bond acceptors (Lipinski definition) is 7. The first-order valence-electron chi connectivity index (χ1n) is 24.3. The Hall–Kier alpha value is -2.29. The van der Waals surface area contributed by atoms with E-state index in [1.165, 1.54) is 109 Å². The van der Waals surface area contributed by atoms with E-state index in [2.05, 4.69) is 79.9 Å². The molecule has 0 aromatic rings. The number of rotatable bonds is 45. The second-order valence-electron chi connectivity index (χ2n) is 16.1. The second kappa shape index (κ2) is 46.2. The Morgan fingerprint density at radius 3 is 1.38 bits per heavy atom. The van der Waals surface area contributed by atoms with Crippen LogP contribution in [-0.4, -0.2) is 54.3 Å². The van der Waals surface area contributed by atoms with Crippen molar-refractivity contribution in [1.29, 1.82) is 0 Å². The van der Waals surface area contributed by atoms with E-state index in [9.17, 15) is 24.2 Å². The molecule has 0 aromatic heterocycles. The molecular formula is C50H90NO8P. The van der Waals surface area contributed by atoms with E-state index < -0.39 is 26.5 Å². The second-order valence-corrected chi connectivity index (χ2v) is 17.5. The molecule has 2 unspecified atom stereocenters.